The van der Waals surface area contributed by atoms with Crippen molar-refractivity contribution in [2.75, 3.05) is 6.26 Å². The van der Waals surface area contributed by atoms with Gasteiger partial charge >= 0.3 is 0 Å². The molecule has 3 rings (SSSR count). The first-order chi connectivity index (χ1) is 11.0. The summed E-state index contributed by atoms with van der Waals surface area (Å²) in [5.74, 6) is -0.242. The molecule has 0 aliphatic rings. The molecular weight excluding hydrogens is 348 g/mol. The predicted molar refractivity (Wildman–Crippen MR) is 98.7 cm³/mol. The number of amides is 1. The lowest BCUT2D eigenvalue weighted by Crippen LogP contribution is -2.13. The topological polar surface area (TPSA) is 34.4 Å². The number of thiazole rings is 1. The van der Waals surface area contributed by atoms with Gasteiger partial charge in [-0.3, -0.25) is 4.79 Å². The van der Waals surface area contributed by atoms with E-state index < -0.39 is 0 Å². The summed E-state index contributed by atoms with van der Waals surface area (Å²) >= 11 is 9.35. The predicted octanol–water partition coefficient (Wildman–Crippen LogP) is 4.66. The van der Waals surface area contributed by atoms with Crippen LogP contribution >= 0.6 is 34.7 Å². The number of carbonyl (C=O) groups excluding carboxylic acids is 1. The van der Waals surface area contributed by atoms with Gasteiger partial charge in [-0.05, 0) is 49.1 Å². The van der Waals surface area contributed by atoms with Crippen molar-refractivity contribution in [1.29, 1.82) is 0 Å². The van der Waals surface area contributed by atoms with Crippen LogP contribution in [0.2, 0.25) is 5.02 Å². The Bertz CT molecular complexity index is 955. The van der Waals surface area contributed by atoms with E-state index in [-0.39, 0.29) is 5.91 Å². The molecule has 23 heavy (non-hydrogen) atoms. The summed E-state index contributed by atoms with van der Waals surface area (Å²) in [6, 6.07) is 11.3. The molecule has 3 nitrogen and oxygen atoms in total. The summed E-state index contributed by atoms with van der Waals surface area (Å²) in [7, 11) is 1.91. The van der Waals surface area contributed by atoms with Crippen molar-refractivity contribution in [3.63, 3.8) is 0 Å². The normalized spacial score (nSPS) is 12.1. The zero-order valence-corrected chi connectivity index (χ0v) is 15.4. The zero-order valence-electron chi connectivity index (χ0n) is 13.0. The van der Waals surface area contributed by atoms with E-state index in [1.54, 1.807) is 11.8 Å². The molecule has 0 unspecified atom stereocenters. The Kier molecular flexibility index (Phi) is 4.62. The van der Waals surface area contributed by atoms with Gasteiger partial charge in [0.2, 0.25) is 0 Å². The first-order valence-electron chi connectivity index (χ1n) is 6.99. The number of benzene rings is 2. The van der Waals surface area contributed by atoms with E-state index in [1.807, 2.05) is 61.2 Å². The Labute approximate surface area is 147 Å². The first kappa shape index (κ1) is 16.3. The highest BCUT2D eigenvalue weighted by Gasteiger charge is 2.11. The van der Waals surface area contributed by atoms with Gasteiger partial charge in [-0.15, -0.1) is 11.8 Å². The van der Waals surface area contributed by atoms with Crippen LogP contribution in [0.1, 0.15) is 15.9 Å². The lowest BCUT2D eigenvalue weighted by atomic mass is 10.2. The molecule has 0 saturated heterocycles. The van der Waals surface area contributed by atoms with Crippen molar-refractivity contribution >= 4 is 50.8 Å². The molecule has 118 valence electrons. The molecule has 0 N–H and O–H groups in total. The fourth-order valence-corrected chi connectivity index (χ4v) is 4.17. The third-order valence-electron chi connectivity index (χ3n) is 3.64. The van der Waals surface area contributed by atoms with Crippen molar-refractivity contribution < 1.29 is 4.79 Å². The number of thioether (sulfide) groups is 1. The second-order valence-corrected chi connectivity index (χ2v) is 7.40. The summed E-state index contributed by atoms with van der Waals surface area (Å²) in [5.41, 5.74) is 2.72. The zero-order chi connectivity index (χ0) is 16.6. The second-order valence-electron chi connectivity index (χ2n) is 5.13. The molecule has 0 saturated carbocycles. The molecule has 0 aliphatic carbocycles. The molecule has 0 spiro atoms. The standard InChI is InChI=1S/C17H15ClN2OS2/c1-10-4-9-13(18)15-14(10)20(2)17(23-15)19-16(21)11-5-7-12(22-3)8-6-11/h4-9H,1-3H3. The van der Waals surface area contributed by atoms with Gasteiger partial charge in [0.25, 0.3) is 5.91 Å². The molecule has 3 aromatic rings. The van der Waals surface area contributed by atoms with Crippen LogP contribution in [0.5, 0.6) is 0 Å². The number of rotatable bonds is 2. The number of carbonyl (C=O) groups is 1. The third-order valence-corrected chi connectivity index (χ3v) is 5.97. The lowest BCUT2D eigenvalue weighted by molar-refractivity contribution is 0.0998. The molecule has 1 amide bonds. The lowest BCUT2D eigenvalue weighted by Gasteiger charge is -2.01. The van der Waals surface area contributed by atoms with E-state index in [1.165, 1.54) is 11.3 Å². The maximum Gasteiger partial charge on any atom is 0.279 e. The Morgan fingerprint density at radius 3 is 2.52 bits per heavy atom. The summed E-state index contributed by atoms with van der Waals surface area (Å²) in [5, 5.41) is 0.685. The van der Waals surface area contributed by atoms with Crippen molar-refractivity contribution in [2.24, 2.45) is 12.0 Å². The molecule has 1 aromatic heterocycles. The smallest absolute Gasteiger partial charge is 0.279 e. The number of hydrogen-bond donors (Lipinski definition) is 0. The SMILES string of the molecule is CSc1ccc(C(=O)N=c2sc3c(Cl)ccc(C)c3n2C)cc1. The Hall–Kier alpha value is -1.56. The molecule has 0 radical (unpaired) electrons. The second kappa shape index (κ2) is 6.51. The Morgan fingerprint density at radius 2 is 1.91 bits per heavy atom. The Balaban J connectivity index is 2.10. The van der Waals surface area contributed by atoms with Crippen LogP contribution in [0.3, 0.4) is 0 Å². The first-order valence-corrected chi connectivity index (χ1v) is 9.41. The van der Waals surface area contributed by atoms with Crippen LogP contribution < -0.4 is 4.80 Å². The molecule has 0 fully saturated rings. The van der Waals surface area contributed by atoms with Gasteiger partial charge in [-0.25, -0.2) is 0 Å². The number of hydrogen-bond acceptors (Lipinski definition) is 3. The van der Waals surface area contributed by atoms with Gasteiger partial charge in [0, 0.05) is 17.5 Å². The summed E-state index contributed by atoms with van der Waals surface area (Å²) < 4.78 is 2.88. The summed E-state index contributed by atoms with van der Waals surface area (Å²) in [6.45, 7) is 2.03. The molecule has 0 atom stereocenters. The molecule has 1 heterocycles. The van der Waals surface area contributed by atoms with Gasteiger partial charge < -0.3 is 4.57 Å². The quantitative estimate of drug-likeness (QED) is 0.621. The molecular formula is C17H15ClN2OS2. The van der Waals surface area contributed by atoms with Crippen LogP contribution in [0.15, 0.2) is 46.3 Å². The summed E-state index contributed by atoms with van der Waals surface area (Å²) in [4.78, 5) is 18.5. The molecule has 6 heteroatoms. The fourth-order valence-electron chi connectivity index (χ4n) is 2.40. The number of aryl methyl sites for hydroxylation is 2. The molecule has 0 aliphatic heterocycles. The van der Waals surface area contributed by atoms with Crippen LogP contribution in [0.4, 0.5) is 0 Å². The van der Waals surface area contributed by atoms with Crippen LogP contribution in [0, 0.1) is 6.92 Å². The monoisotopic (exact) mass is 362 g/mol. The average Bonchev–Trinajstić information content (AvgIpc) is 2.89. The number of halogens is 1. The Morgan fingerprint density at radius 1 is 1.22 bits per heavy atom. The van der Waals surface area contributed by atoms with Crippen molar-refractivity contribution in [3.8, 4) is 0 Å². The minimum absolute atomic E-state index is 0.242. The van der Waals surface area contributed by atoms with E-state index in [4.69, 9.17) is 11.6 Å². The minimum Gasteiger partial charge on any atom is -0.319 e. The van der Waals surface area contributed by atoms with Gasteiger partial charge in [0.05, 0.1) is 15.2 Å². The third kappa shape index (κ3) is 3.09. The van der Waals surface area contributed by atoms with Crippen molar-refractivity contribution in [1.82, 2.24) is 4.57 Å². The number of nitrogens with zero attached hydrogens (tertiary/aromatic N) is 2. The highest BCUT2D eigenvalue weighted by atomic mass is 35.5. The number of aromatic nitrogens is 1. The van der Waals surface area contributed by atoms with Gasteiger partial charge in [0.1, 0.15) is 0 Å². The average molecular weight is 363 g/mol. The largest absolute Gasteiger partial charge is 0.319 e. The molecule has 0 bridgehead atoms. The van der Waals surface area contributed by atoms with E-state index in [2.05, 4.69) is 4.99 Å². The van der Waals surface area contributed by atoms with Gasteiger partial charge in [-0.2, -0.15) is 4.99 Å². The van der Waals surface area contributed by atoms with Gasteiger partial charge in [0.15, 0.2) is 4.80 Å². The van der Waals surface area contributed by atoms with E-state index in [9.17, 15) is 4.79 Å². The van der Waals surface area contributed by atoms with Crippen LogP contribution in [0.25, 0.3) is 10.2 Å². The van der Waals surface area contributed by atoms with Crippen LogP contribution in [-0.4, -0.2) is 16.7 Å². The molecule has 2 aromatic carbocycles. The van der Waals surface area contributed by atoms with Crippen molar-refractivity contribution in [2.45, 2.75) is 11.8 Å². The maximum absolute atomic E-state index is 12.4. The number of fused-ring (bicyclic) bond motifs is 1. The van der Waals surface area contributed by atoms with Crippen molar-refractivity contribution in [3.05, 3.63) is 57.3 Å². The fraction of sp³-hybridized carbons (Fsp3) is 0.176. The van der Waals surface area contributed by atoms with E-state index >= 15 is 0 Å². The van der Waals surface area contributed by atoms with Crippen LogP contribution in [-0.2, 0) is 7.05 Å². The van der Waals surface area contributed by atoms with Gasteiger partial charge in [-0.1, -0.05) is 29.0 Å². The van der Waals surface area contributed by atoms with E-state index in [0.29, 0.717) is 15.4 Å². The highest BCUT2D eigenvalue weighted by molar-refractivity contribution is 7.98. The highest BCUT2D eigenvalue weighted by Crippen LogP contribution is 2.28. The minimum atomic E-state index is -0.242. The maximum atomic E-state index is 12.4. The summed E-state index contributed by atoms with van der Waals surface area (Å²) in [6.07, 6.45) is 2.00. The van der Waals surface area contributed by atoms with E-state index in [0.717, 1.165) is 20.7 Å².